The van der Waals surface area contributed by atoms with Crippen molar-refractivity contribution in [1.82, 2.24) is 0 Å². The van der Waals surface area contributed by atoms with Crippen LogP contribution < -0.4 is 0 Å². The topological polar surface area (TPSA) is 9.23 Å². The van der Waals surface area contributed by atoms with Crippen LogP contribution in [0.5, 0.6) is 0 Å². The second kappa shape index (κ2) is 4.11. The molecule has 0 amide bonds. The van der Waals surface area contributed by atoms with E-state index in [1.165, 1.54) is 5.56 Å². The van der Waals surface area contributed by atoms with Gasteiger partial charge in [0.25, 0.3) is 0 Å². The van der Waals surface area contributed by atoms with E-state index in [0.717, 1.165) is 12.2 Å². The van der Waals surface area contributed by atoms with Crippen molar-refractivity contribution in [3.8, 4) is 0 Å². The summed E-state index contributed by atoms with van der Waals surface area (Å²) in [5.41, 5.74) is 1.32. The van der Waals surface area contributed by atoms with Crippen molar-refractivity contribution in [3.63, 3.8) is 0 Å². The van der Waals surface area contributed by atoms with Crippen LogP contribution in [0.1, 0.15) is 5.56 Å². The quantitative estimate of drug-likeness (QED) is 0.695. The third-order valence-corrected chi connectivity index (χ3v) is 3.28. The summed E-state index contributed by atoms with van der Waals surface area (Å²) in [6.45, 7) is 0. The summed E-state index contributed by atoms with van der Waals surface area (Å²) in [6.07, 6.45) is 1.24. The Labute approximate surface area is 87.5 Å². The zero-order chi connectivity index (χ0) is 9.10. The van der Waals surface area contributed by atoms with Crippen LogP contribution >= 0.6 is 24.0 Å². The molecule has 0 N–H and O–H groups in total. The smallest absolute Gasteiger partial charge is 0.220 e. The van der Waals surface area contributed by atoms with Crippen LogP contribution in [0.4, 0.5) is 0 Å². The summed E-state index contributed by atoms with van der Waals surface area (Å²) in [6, 6.07) is 10.4. The molecule has 1 unspecified atom stereocenters. The SMILES string of the molecule is S=C1OC(Cc2ccccc2)CS1. The van der Waals surface area contributed by atoms with E-state index in [1.54, 1.807) is 11.8 Å². The van der Waals surface area contributed by atoms with Gasteiger partial charge in [-0.3, -0.25) is 0 Å². The minimum Gasteiger partial charge on any atom is -0.474 e. The Morgan fingerprint density at radius 1 is 1.38 bits per heavy atom. The van der Waals surface area contributed by atoms with E-state index in [9.17, 15) is 0 Å². The maximum atomic E-state index is 5.46. The molecular weight excluding hydrogens is 200 g/mol. The van der Waals surface area contributed by atoms with Gasteiger partial charge >= 0.3 is 0 Å². The van der Waals surface area contributed by atoms with Crippen molar-refractivity contribution in [1.29, 1.82) is 0 Å². The van der Waals surface area contributed by atoms with Gasteiger partial charge in [0.2, 0.25) is 4.38 Å². The number of thiocarbonyl (C=S) groups is 1. The van der Waals surface area contributed by atoms with Crippen molar-refractivity contribution in [2.75, 3.05) is 5.75 Å². The molecule has 0 aromatic heterocycles. The van der Waals surface area contributed by atoms with E-state index in [2.05, 4.69) is 24.3 Å². The minimum absolute atomic E-state index is 0.278. The van der Waals surface area contributed by atoms with Gasteiger partial charge in [-0.25, -0.2) is 0 Å². The molecule has 0 radical (unpaired) electrons. The van der Waals surface area contributed by atoms with Gasteiger partial charge in [-0.2, -0.15) is 0 Å². The normalized spacial score (nSPS) is 21.5. The van der Waals surface area contributed by atoms with E-state index in [0.29, 0.717) is 4.38 Å². The largest absolute Gasteiger partial charge is 0.474 e. The predicted octanol–water partition coefficient (Wildman–Crippen LogP) is 2.65. The summed E-state index contributed by atoms with van der Waals surface area (Å²) in [4.78, 5) is 0. The molecule has 1 heterocycles. The Morgan fingerprint density at radius 3 is 2.77 bits per heavy atom. The van der Waals surface area contributed by atoms with E-state index in [1.807, 2.05) is 6.07 Å². The molecule has 1 aliphatic rings. The highest BCUT2D eigenvalue weighted by molar-refractivity contribution is 8.22. The van der Waals surface area contributed by atoms with Crippen molar-refractivity contribution in [3.05, 3.63) is 35.9 Å². The average molecular weight is 210 g/mol. The van der Waals surface area contributed by atoms with Gasteiger partial charge in [-0.1, -0.05) is 42.1 Å². The second-order valence-corrected chi connectivity index (χ2v) is 4.61. The number of ether oxygens (including phenoxy) is 1. The number of benzene rings is 1. The fourth-order valence-electron chi connectivity index (χ4n) is 1.34. The molecule has 1 saturated heterocycles. The Bertz CT molecular complexity index is 297. The Kier molecular flexibility index (Phi) is 2.86. The first-order valence-corrected chi connectivity index (χ1v) is 5.61. The van der Waals surface area contributed by atoms with Gasteiger partial charge in [-0.15, -0.1) is 0 Å². The average Bonchev–Trinajstić information content (AvgIpc) is 2.53. The molecular formula is C10H10OS2. The fourth-order valence-corrected chi connectivity index (χ4v) is 2.39. The van der Waals surface area contributed by atoms with Crippen LogP contribution in [-0.4, -0.2) is 16.2 Å². The highest BCUT2D eigenvalue weighted by Crippen LogP contribution is 2.22. The second-order valence-electron chi connectivity index (χ2n) is 2.99. The molecule has 0 saturated carbocycles. The lowest BCUT2D eigenvalue weighted by Gasteiger charge is -2.07. The maximum Gasteiger partial charge on any atom is 0.220 e. The predicted molar refractivity (Wildman–Crippen MR) is 60.1 cm³/mol. The number of rotatable bonds is 2. The lowest BCUT2D eigenvalue weighted by Crippen LogP contribution is -2.12. The van der Waals surface area contributed by atoms with E-state index >= 15 is 0 Å². The molecule has 2 rings (SSSR count). The number of hydrogen-bond donors (Lipinski definition) is 0. The Morgan fingerprint density at radius 2 is 2.15 bits per heavy atom. The molecule has 68 valence electrons. The van der Waals surface area contributed by atoms with Crippen molar-refractivity contribution >= 4 is 28.4 Å². The fraction of sp³-hybridized carbons (Fsp3) is 0.300. The van der Waals surface area contributed by atoms with E-state index in [-0.39, 0.29) is 6.10 Å². The summed E-state index contributed by atoms with van der Waals surface area (Å²) in [5.74, 6) is 0.994. The monoisotopic (exact) mass is 210 g/mol. The molecule has 1 fully saturated rings. The van der Waals surface area contributed by atoms with E-state index in [4.69, 9.17) is 17.0 Å². The first-order valence-electron chi connectivity index (χ1n) is 4.22. The molecule has 1 nitrogen and oxygen atoms in total. The van der Waals surface area contributed by atoms with Crippen LogP contribution in [0.15, 0.2) is 30.3 Å². The van der Waals surface area contributed by atoms with Crippen molar-refractivity contribution in [2.24, 2.45) is 0 Å². The molecule has 0 spiro atoms. The third kappa shape index (κ3) is 2.45. The first-order chi connectivity index (χ1) is 6.34. The summed E-state index contributed by atoms with van der Waals surface area (Å²) >= 11 is 6.59. The van der Waals surface area contributed by atoms with Gasteiger partial charge in [0, 0.05) is 12.2 Å². The molecule has 1 aromatic rings. The molecule has 1 atom stereocenters. The van der Waals surface area contributed by atoms with Crippen molar-refractivity contribution in [2.45, 2.75) is 12.5 Å². The summed E-state index contributed by atoms with van der Waals surface area (Å²) in [7, 11) is 0. The van der Waals surface area contributed by atoms with Crippen LogP contribution in [0.3, 0.4) is 0 Å². The zero-order valence-corrected chi connectivity index (χ0v) is 8.74. The molecule has 0 aliphatic carbocycles. The third-order valence-electron chi connectivity index (χ3n) is 1.96. The van der Waals surface area contributed by atoms with Crippen LogP contribution in [0.2, 0.25) is 0 Å². The van der Waals surface area contributed by atoms with Gasteiger partial charge < -0.3 is 4.74 Å². The molecule has 0 bridgehead atoms. The van der Waals surface area contributed by atoms with Gasteiger partial charge in [0.15, 0.2) is 0 Å². The molecule has 1 aromatic carbocycles. The standard InChI is InChI=1S/C10H10OS2/c12-10-11-9(7-13-10)6-8-4-2-1-3-5-8/h1-5,9H,6-7H2. The Balaban J connectivity index is 1.96. The van der Waals surface area contributed by atoms with Gasteiger partial charge in [0.1, 0.15) is 6.10 Å². The molecule has 3 heteroatoms. The summed E-state index contributed by atoms with van der Waals surface area (Å²) in [5, 5.41) is 0. The number of thioether (sulfide) groups is 1. The number of hydrogen-bond acceptors (Lipinski definition) is 3. The van der Waals surface area contributed by atoms with Gasteiger partial charge in [-0.05, 0) is 17.8 Å². The highest BCUT2D eigenvalue weighted by Gasteiger charge is 2.21. The maximum absolute atomic E-state index is 5.46. The van der Waals surface area contributed by atoms with Gasteiger partial charge in [0.05, 0.1) is 0 Å². The highest BCUT2D eigenvalue weighted by atomic mass is 32.2. The molecule has 1 aliphatic heterocycles. The molecule has 13 heavy (non-hydrogen) atoms. The van der Waals surface area contributed by atoms with Crippen LogP contribution in [0, 0.1) is 0 Å². The Hall–Kier alpha value is -0.540. The van der Waals surface area contributed by atoms with E-state index < -0.39 is 0 Å². The summed E-state index contributed by atoms with van der Waals surface area (Å²) < 4.78 is 6.15. The van der Waals surface area contributed by atoms with Crippen LogP contribution in [0.25, 0.3) is 0 Å². The zero-order valence-electron chi connectivity index (χ0n) is 7.10. The lowest BCUT2D eigenvalue weighted by atomic mass is 10.1. The first kappa shape index (κ1) is 9.03. The van der Waals surface area contributed by atoms with Crippen LogP contribution in [-0.2, 0) is 11.2 Å². The lowest BCUT2D eigenvalue weighted by molar-refractivity contribution is 0.236. The minimum atomic E-state index is 0.278. The van der Waals surface area contributed by atoms with Crippen molar-refractivity contribution < 1.29 is 4.74 Å².